The van der Waals surface area contributed by atoms with Gasteiger partial charge in [0.05, 0.1) is 12.3 Å². The number of benzene rings is 1. The van der Waals surface area contributed by atoms with Gasteiger partial charge >= 0.3 is 6.03 Å². The average Bonchev–Trinajstić information content (AvgIpc) is 2.60. The molecule has 0 unspecified atom stereocenters. The molecule has 0 fully saturated rings. The van der Waals surface area contributed by atoms with E-state index in [1.807, 2.05) is 13.0 Å². The fourth-order valence-corrected chi connectivity index (χ4v) is 2.04. The van der Waals surface area contributed by atoms with Gasteiger partial charge in [-0.1, -0.05) is 24.1 Å². The maximum absolute atomic E-state index is 12.0. The van der Waals surface area contributed by atoms with Crippen LogP contribution >= 0.6 is 0 Å². The van der Waals surface area contributed by atoms with Crippen molar-refractivity contribution in [3.63, 3.8) is 0 Å². The lowest BCUT2D eigenvalue weighted by molar-refractivity contribution is 0.207. The SMILES string of the molecule is C#C/C(C)=C(\C=C/CO)OCc1c(C)cccc1N(N)C(=O)N(C)N. The molecule has 7 heteroatoms. The summed E-state index contributed by atoms with van der Waals surface area (Å²) in [6.07, 6.45) is 8.55. The van der Waals surface area contributed by atoms with Gasteiger partial charge in [-0.05, 0) is 31.6 Å². The van der Waals surface area contributed by atoms with Gasteiger partial charge < -0.3 is 9.84 Å². The Bertz CT molecular complexity index is 718. The number of rotatable bonds is 6. The van der Waals surface area contributed by atoms with Crippen LogP contribution in [0, 0.1) is 19.3 Å². The fourth-order valence-electron chi connectivity index (χ4n) is 2.04. The zero-order valence-corrected chi connectivity index (χ0v) is 14.7. The summed E-state index contributed by atoms with van der Waals surface area (Å²) in [5.41, 5.74) is 2.68. The molecule has 1 rings (SSSR count). The van der Waals surface area contributed by atoms with Crippen LogP contribution < -0.4 is 16.7 Å². The van der Waals surface area contributed by atoms with Crippen LogP contribution in [0.3, 0.4) is 0 Å². The number of urea groups is 1. The minimum atomic E-state index is -0.567. The highest BCUT2D eigenvalue weighted by molar-refractivity contribution is 5.91. The highest BCUT2D eigenvalue weighted by Crippen LogP contribution is 2.25. The van der Waals surface area contributed by atoms with Crippen molar-refractivity contribution in [2.75, 3.05) is 18.7 Å². The Hall–Kier alpha value is -2.79. The summed E-state index contributed by atoms with van der Waals surface area (Å²) in [6, 6.07) is 4.80. The molecule has 0 aliphatic carbocycles. The number of amides is 2. The molecule has 25 heavy (non-hydrogen) atoms. The molecule has 2 amide bonds. The number of allylic oxidation sites excluding steroid dienone is 2. The van der Waals surface area contributed by atoms with E-state index in [0.717, 1.165) is 21.1 Å². The van der Waals surface area contributed by atoms with Crippen LogP contribution in [-0.4, -0.2) is 29.8 Å². The predicted octanol–water partition coefficient (Wildman–Crippen LogP) is 1.57. The number of nitrogens with two attached hydrogens (primary N) is 2. The Morgan fingerprint density at radius 1 is 1.44 bits per heavy atom. The van der Waals surface area contributed by atoms with Crippen molar-refractivity contribution in [3.05, 3.63) is 52.8 Å². The summed E-state index contributed by atoms with van der Waals surface area (Å²) in [4.78, 5) is 12.0. The lowest BCUT2D eigenvalue weighted by atomic mass is 10.1. The van der Waals surface area contributed by atoms with E-state index in [2.05, 4.69) is 5.92 Å². The Morgan fingerprint density at radius 2 is 2.12 bits per heavy atom. The molecule has 0 radical (unpaired) electrons. The molecule has 0 aliphatic heterocycles. The number of hydrogen-bond acceptors (Lipinski definition) is 5. The van der Waals surface area contributed by atoms with E-state index in [4.69, 9.17) is 28.0 Å². The molecular formula is C18H24N4O3. The molecule has 0 saturated heterocycles. The van der Waals surface area contributed by atoms with Crippen LogP contribution in [0.15, 0.2) is 41.7 Å². The number of aryl methyl sites for hydroxylation is 1. The normalized spacial score (nSPS) is 11.7. The summed E-state index contributed by atoms with van der Waals surface area (Å²) < 4.78 is 5.80. The Kier molecular flexibility index (Phi) is 7.69. The topological polar surface area (TPSA) is 105 Å². The monoisotopic (exact) mass is 344 g/mol. The van der Waals surface area contributed by atoms with Crippen molar-refractivity contribution in [1.82, 2.24) is 5.01 Å². The van der Waals surface area contributed by atoms with Crippen molar-refractivity contribution < 1.29 is 14.6 Å². The molecule has 0 aliphatic rings. The van der Waals surface area contributed by atoms with Crippen LogP contribution in [-0.2, 0) is 11.3 Å². The van der Waals surface area contributed by atoms with Crippen LogP contribution in [0.2, 0.25) is 0 Å². The minimum absolute atomic E-state index is 0.131. The Morgan fingerprint density at radius 3 is 2.68 bits per heavy atom. The highest BCUT2D eigenvalue weighted by Gasteiger charge is 2.19. The highest BCUT2D eigenvalue weighted by atomic mass is 16.5. The molecule has 0 bridgehead atoms. The van der Waals surface area contributed by atoms with Gasteiger partial charge in [0, 0.05) is 18.2 Å². The Labute approximate surface area is 148 Å². The van der Waals surface area contributed by atoms with Gasteiger partial charge in [0.15, 0.2) is 0 Å². The van der Waals surface area contributed by atoms with Crippen molar-refractivity contribution in [1.29, 1.82) is 0 Å². The second-order valence-corrected chi connectivity index (χ2v) is 5.34. The van der Waals surface area contributed by atoms with Crippen LogP contribution in [0.4, 0.5) is 10.5 Å². The average molecular weight is 344 g/mol. The summed E-state index contributed by atoms with van der Waals surface area (Å²) in [5.74, 6) is 14.3. The maximum Gasteiger partial charge on any atom is 0.352 e. The molecule has 1 aromatic carbocycles. The lowest BCUT2D eigenvalue weighted by Crippen LogP contribution is -2.49. The second-order valence-electron chi connectivity index (χ2n) is 5.34. The van der Waals surface area contributed by atoms with Crippen LogP contribution in [0.5, 0.6) is 0 Å². The first-order chi connectivity index (χ1) is 11.8. The van der Waals surface area contributed by atoms with Crippen LogP contribution in [0.25, 0.3) is 0 Å². The molecule has 0 heterocycles. The van der Waals surface area contributed by atoms with Crippen molar-refractivity contribution >= 4 is 11.7 Å². The van der Waals surface area contributed by atoms with E-state index < -0.39 is 6.03 Å². The molecule has 7 nitrogen and oxygen atoms in total. The van der Waals surface area contributed by atoms with Gasteiger partial charge in [-0.3, -0.25) is 5.01 Å². The number of carbonyl (C=O) groups excluding carboxylic acids is 1. The van der Waals surface area contributed by atoms with E-state index in [-0.39, 0.29) is 13.2 Å². The third-order valence-electron chi connectivity index (χ3n) is 3.49. The molecule has 0 atom stereocenters. The van der Waals surface area contributed by atoms with E-state index in [1.165, 1.54) is 13.1 Å². The second kappa shape index (κ2) is 9.49. The number of nitrogens with zero attached hydrogens (tertiary/aromatic N) is 2. The largest absolute Gasteiger partial charge is 0.488 e. The quantitative estimate of drug-likeness (QED) is 0.181. The molecule has 0 aromatic heterocycles. The zero-order valence-electron chi connectivity index (χ0n) is 14.7. The lowest BCUT2D eigenvalue weighted by Gasteiger charge is -2.24. The summed E-state index contributed by atoms with van der Waals surface area (Å²) in [6.45, 7) is 3.63. The summed E-state index contributed by atoms with van der Waals surface area (Å²) >= 11 is 0. The van der Waals surface area contributed by atoms with Crippen molar-refractivity contribution in [2.24, 2.45) is 11.7 Å². The molecule has 0 saturated carbocycles. The minimum Gasteiger partial charge on any atom is -0.488 e. The number of aliphatic hydroxyl groups is 1. The first-order valence-corrected chi connectivity index (χ1v) is 7.56. The van der Waals surface area contributed by atoms with Gasteiger partial charge in [-0.25, -0.2) is 21.5 Å². The summed E-state index contributed by atoms with van der Waals surface area (Å²) in [7, 11) is 1.41. The summed E-state index contributed by atoms with van der Waals surface area (Å²) in [5, 5.41) is 10.8. The number of aliphatic hydroxyl groups excluding tert-OH is 1. The first kappa shape index (κ1) is 20.3. The van der Waals surface area contributed by atoms with Crippen molar-refractivity contribution in [2.45, 2.75) is 20.5 Å². The van der Waals surface area contributed by atoms with E-state index in [1.54, 1.807) is 25.1 Å². The third-order valence-corrected chi connectivity index (χ3v) is 3.49. The van der Waals surface area contributed by atoms with Gasteiger partial charge in [-0.2, -0.15) is 0 Å². The van der Waals surface area contributed by atoms with E-state index >= 15 is 0 Å². The van der Waals surface area contributed by atoms with Gasteiger partial charge in [0.25, 0.3) is 0 Å². The molecule has 0 spiro atoms. The zero-order chi connectivity index (χ0) is 19.0. The number of ether oxygens (including phenoxy) is 1. The predicted molar refractivity (Wildman–Crippen MR) is 97.7 cm³/mol. The maximum atomic E-state index is 12.0. The number of anilines is 1. The van der Waals surface area contributed by atoms with Gasteiger partial charge in [-0.15, -0.1) is 6.42 Å². The molecule has 134 valence electrons. The molecule has 5 N–H and O–H groups in total. The van der Waals surface area contributed by atoms with E-state index in [9.17, 15) is 4.79 Å². The molecular weight excluding hydrogens is 320 g/mol. The third kappa shape index (κ3) is 5.36. The van der Waals surface area contributed by atoms with Gasteiger partial charge in [0.2, 0.25) is 0 Å². The fraction of sp³-hybridized carbons (Fsp3) is 0.278. The number of terminal acetylenes is 1. The number of carbonyl (C=O) groups is 1. The molecule has 1 aromatic rings. The standard InChI is InChI=1S/C18H24N4O3/c1-5-13(2)17(10-7-11-23)25-12-15-14(3)8-6-9-16(15)22(20)18(24)21(4)19/h1,6-10,23H,11-12,19-20H2,2-4H3/b10-7-,17-13+. The number of hydrogen-bond donors (Lipinski definition) is 3. The first-order valence-electron chi connectivity index (χ1n) is 7.56. The Balaban J connectivity index is 3.16. The number of hydrazine groups is 2. The van der Waals surface area contributed by atoms with Crippen molar-refractivity contribution in [3.8, 4) is 12.3 Å². The van der Waals surface area contributed by atoms with Gasteiger partial charge in [0.1, 0.15) is 12.4 Å². The van der Waals surface area contributed by atoms with E-state index in [0.29, 0.717) is 17.0 Å². The smallest absolute Gasteiger partial charge is 0.352 e. The van der Waals surface area contributed by atoms with Crippen LogP contribution in [0.1, 0.15) is 18.1 Å².